The summed E-state index contributed by atoms with van der Waals surface area (Å²) in [6.45, 7) is 0. The van der Waals surface area contributed by atoms with E-state index >= 15 is 0 Å². The molecule has 0 atom stereocenters. The van der Waals surface area contributed by atoms with E-state index in [1.807, 2.05) is 6.07 Å². The topological polar surface area (TPSA) is 92.7 Å². The predicted molar refractivity (Wildman–Crippen MR) is 89.5 cm³/mol. The van der Waals surface area contributed by atoms with Crippen molar-refractivity contribution in [2.75, 3.05) is 0 Å². The largest absolute Gasteiger partial charge is 0.431 e. The number of fused-ring (bicyclic) bond motifs is 1. The van der Waals surface area contributed by atoms with Crippen molar-refractivity contribution in [2.45, 2.75) is 6.18 Å². The second-order valence-electron chi connectivity index (χ2n) is 5.61. The zero-order valence-corrected chi connectivity index (χ0v) is 13.6. The van der Waals surface area contributed by atoms with Gasteiger partial charge in [0.2, 0.25) is 5.71 Å². The van der Waals surface area contributed by atoms with Crippen LogP contribution in [0.2, 0.25) is 0 Å². The van der Waals surface area contributed by atoms with Crippen LogP contribution in [0.5, 0.6) is 0 Å². The number of hydrogen-bond acceptors (Lipinski definition) is 3. The molecular weight excluding hydrogens is 362 g/mol. The van der Waals surface area contributed by atoms with Crippen molar-refractivity contribution in [3.05, 3.63) is 77.1 Å². The van der Waals surface area contributed by atoms with Gasteiger partial charge in [-0.2, -0.15) is 18.4 Å². The van der Waals surface area contributed by atoms with Gasteiger partial charge in [0, 0.05) is 17.3 Å². The molecule has 2 aromatic heterocycles. The first-order valence-electron chi connectivity index (χ1n) is 7.55. The van der Waals surface area contributed by atoms with Crippen LogP contribution < -0.4 is 11.1 Å². The zero-order chi connectivity index (χ0) is 19.8. The second-order valence-corrected chi connectivity index (χ2v) is 5.61. The average molecular weight is 374 g/mol. The van der Waals surface area contributed by atoms with Gasteiger partial charge in [-0.15, -0.1) is 0 Å². The number of aromatic nitrogens is 2. The molecule has 27 heavy (non-hydrogen) atoms. The first-order chi connectivity index (χ1) is 12.7. The monoisotopic (exact) mass is 374 g/mol. The fourth-order valence-corrected chi connectivity index (χ4v) is 2.58. The summed E-state index contributed by atoms with van der Waals surface area (Å²) in [4.78, 5) is 3.99. The molecule has 3 aromatic rings. The lowest BCUT2D eigenvalue weighted by Gasteiger charge is -2.14. The Labute approximate surface area is 150 Å². The van der Waals surface area contributed by atoms with Gasteiger partial charge in [-0.05, 0) is 36.4 Å². The summed E-state index contributed by atoms with van der Waals surface area (Å²) in [5, 5.41) is 15.1. The van der Waals surface area contributed by atoms with Gasteiger partial charge in [-0.25, -0.2) is 9.37 Å². The van der Waals surface area contributed by atoms with E-state index in [9.17, 15) is 17.6 Å². The van der Waals surface area contributed by atoms with Crippen molar-refractivity contribution in [3.63, 3.8) is 0 Å². The van der Waals surface area contributed by atoms with E-state index in [1.165, 1.54) is 41.1 Å². The van der Waals surface area contributed by atoms with Crippen LogP contribution in [0.25, 0.3) is 11.2 Å². The number of nitrogens with two attached hydrogens (primary N) is 2. The molecule has 2 heterocycles. The van der Waals surface area contributed by atoms with E-state index < -0.39 is 23.3 Å². The lowest BCUT2D eigenvalue weighted by Crippen LogP contribution is -2.43. The highest BCUT2D eigenvalue weighted by atomic mass is 19.4. The molecule has 0 fully saturated rings. The summed E-state index contributed by atoms with van der Waals surface area (Å²) in [7, 11) is 0. The maximum absolute atomic E-state index is 13.3. The quantitative estimate of drug-likeness (QED) is 0.541. The molecule has 136 valence electrons. The number of pyridine rings is 1. The normalized spacial score (nSPS) is 12.6. The molecular formula is C18H12F4N5+. The summed E-state index contributed by atoms with van der Waals surface area (Å²) in [6, 6.07) is 9.37. The maximum atomic E-state index is 13.3. The molecule has 0 spiro atoms. The van der Waals surface area contributed by atoms with Crippen LogP contribution in [0, 0.1) is 17.1 Å². The van der Waals surface area contributed by atoms with Gasteiger partial charge in [-0.3, -0.25) is 9.81 Å². The maximum Gasteiger partial charge on any atom is 0.431 e. The Bertz CT molecular complexity index is 1100. The molecule has 0 radical (unpaired) electrons. The summed E-state index contributed by atoms with van der Waals surface area (Å²) >= 11 is 0. The fourth-order valence-electron chi connectivity index (χ4n) is 2.58. The van der Waals surface area contributed by atoms with Gasteiger partial charge >= 0.3 is 6.18 Å². The van der Waals surface area contributed by atoms with Gasteiger partial charge in [0.15, 0.2) is 0 Å². The van der Waals surface area contributed by atoms with Crippen LogP contribution in [0.4, 0.5) is 17.6 Å². The standard InChI is InChI=1S/C18H11F4N5/c19-12-4-1-10(2-5-12)16(24)15(17(25)18(20,21)22)11-3-6-14-26-8-13(7-23)27(14)9-11/h1-6,8-9,24H,25H2/p+1. The molecule has 9 heteroatoms. The van der Waals surface area contributed by atoms with Crippen molar-refractivity contribution in [1.29, 1.82) is 5.26 Å². The molecule has 0 aliphatic carbocycles. The van der Waals surface area contributed by atoms with Crippen LogP contribution in [0.3, 0.4) is 0 Å². The second kappa shape index (κ2) is 6.57. The predicted octanol–water partition coefficient (Wildman–Crippen LogP) is 1.83. The van der Waals surface area contributed by atoms with E-state index in [4.69, 9.17) is 16.4 Å². The highest BCUT2D eigenvalue weighted by Gasteiger charge is 2.37. The van der Waals surface area contributed by atoms with E-state index in [2.05, 4.69) is 4.98 Å². The molecule has 3 rings (SSSR count). The van der Waals surface area contributed by atoms with Crippen molar-refractivity contribution in [1.82, 2.24) is 9.38 Å². The van der Waals surface area contributed by atoms with Crippen molar-refractivity contribution >= 4 is 16.9 Å². The SMILES string of the molecule is N#Cc1cnc2ccc(C(C(=[NH2+])c3ccc(F)cc3)=C(N)C(F)(F)F)cn12. The summed E-state index contributed by atoms with van der Waals surface area (Å²) < 4.78 is 54.5. The van der Waals surface area contributed by atoms with Gasteiger partial charge in [0.05, 0.1) is 11.8 Å². The molecule has 5 nitrogen and oxygen atoms in total. The molecule has 0 saturated carbocycles. The van der Waals surface area contributed by atoms with Crippen LogP contribution in [-0.2, 0) is 0 Å². The molecule has 0 amide bonds. The van der Waals surface area contributed by atoms with Crippen LogP contribution in [0.15, 0.2) is 54.5 Å². The first kappa shape index (κ1) is 18.1. The molecule has 0 aliphatic heterocycles. The molecule has 4 N–H and O–H groups in total. The highest BCUT2D eigenvalue weighted by molar-refractivity contribution is 6.29. The fraction of sp³-hybridized carbons (Fsp3) is 0.0556. The lowest BCUT2D eigenvalue weighted by atomic mass is 9.95. The third-order valence-corrected chi connectivity index (χ3v) is 3.91. The van der Waals surface area contributed by atoms with Crippen molar-refractivity contribution in [2.24, 2.45) is 5.73 Å². The van der Waals surface area contributed by atoms with Gasteiger partial charge in [0.1, 0.15) is 28.9 Å². The molecule has 0 bridgehead atoms. The summed E-state index contributed by atoms with van der Waals surface area (Å²) in [6.07, 6.45) is -2.25. The highest BCUT2D eigenvalue weighted by Crippen LogP contribution is 2.31. The summed E-state index contributed by atoms with van der Waals surface area (Å²) in [5.74, 6) is -0.556. The van der Waals surface area contributed by atoms with Gasteiger partial charge < -0.3 is 5.73 Å². The van der Waals surface area contributed by atoms with E-state index in [0.717, 1.165) is 12.1 Å². The Hall–Kier alpha value is -3.67. The van der Waals surface area contributed by atoms with Crippen LogP contribution in [0.1, 0.15) is 16.8 Å². The van der Waals surface area contributed by atoms with Crippen LogP contribution in [-0.4, -0.2) is 21.3 Å². The van der Waals surface area contributed by atoms with E-state index in [1.54, 1.807) is 0 Å². The van der Waals surface area contributed by atoms with Crippen molar-refractivity contribution < 1.29 is 23.0 Å². The Balaban J connectivity index is 2.24. The molecule has 1 aromatic carbocycles. The number of rotatable bonds is 3. The number of alkyl halides is 3. The van der Waals surface area contributed by atoms with E-state index in [-0.39, 0.29) is 22.5 Å². The third kappa shape index (κ3) is 3.37. The number of hydrogen-bond donors (Lipinski definition) is 2. The minimum absolute atomic E-state index is 0.0358. The smallest absolute Gasteiger partial charge is 0.394 e. The van der Waals surface area contributed by atoms with E-state index in [0.29, 0.717) is 5.65 Å². The van der Waals surface area contributed by atoms with Gasteiger partial charge in [0.25, 0.3) is 0 Å². The third-order valence-electron chi connectivity index (χ3n) is 3.91. The summed E-state index contributed by atoms with van der Waals surface area (Å²) in [5.41, 5.74) is 3.95. The lowest BCUT2D eigenvalue weighted by molar-refractivity contribution is -0.111. The minimum Gasteiger partial charge on any atom is -0.394 e. The number of nitriles is 1. The Morgan fingerprint density at radius 3 is 2.33 bits per heavy atom. The number of halogens is 4. The van der Waals surface area contributed by atoms with Crippen molar-refractivity contribution in [3.8, 4) is 6.07 Å². The number of nitrogens with zero attached hydrogens (tertiary/aromatic N) is 3. The minimum atomic E-state index is -4.85. The Morgan fingerprint density at radius 1 is 1.11 bits per heavy atom. The molecule has 0 unspecified atom stereocenters. The zero-order valence-electron chi connectivity index (χ0n) is 13.6. The van der Waals surface area contributed by atoms with Crippen LogP contribution >= 0.6 is 0 Å². The Kier molecular flexibility index (Phi) is 4.41. The van der Waals surface area contributed by atoms with Gasteiger partial charge in [-0.1, -0.05) is 0 Å². The molecule has 0 aliphatic rings. The first-order valence-corrected chi connectivity index (χ1v) is 7.55. The Morgan fingerprint density at radius 2 is 1.74 bits per heavy atom. The number of benzene rings is 1. The average Bonchev–Trinajstić information content (AvgIpc) is 3.04. The number of allylic oxidation sites excluding steroid dienone is 2. The number of imidazole rings is 1. The molecule has 0 saturated heterocycles.